The highest BCUT2D eigenvalue weighted by molar-refractivity contribution is 9.10. The third kappa shape index (κ3) is 4.87. The number of pyridine rings is 1. The molecule has 1 amide bonds. The Balaban J connectivity index is 1.67. The van der Waals surface area contributed by atoms with E-state index in [9.17, 15) is 4.79 Å². The van der Waals surface area contributed by atoms with E-state index in [1.165, 1.54) is 0 Å². The van der Waals surface area contributed by atoms with Crippen molar-refractivity contribution in [1.82, 2.24) is 10.3 Å². The van der Waals surface area contributed by atoms with Gasteiger partial charge in [-0.05, 0) is 77.5 Å². The van der Waals surface area contributed by atoms with Crippen LogP contribution in [-0.4, -0.2) is 16.0 Å². The second-order valence-electron chi connectivity index (χ2n) is 5.46. The number of thiocarbonyl (C=S) groups is 1. The van der Waals surface area contributed by atoms with Crippen molar-refractivity contribution in [2.75, 3.05) is 5.32 Å². The molecular formula is C18H12BrCl2N3O2S. The SMILES string of the molecule is Cc1nc(NC(=S)NC(=O)c2ccc(-c3ccc(Cl)c(Cl)c3)o2)ccc1Br. The number of hydrogen-bond donors (Lipinski definition) is 2. The molecule has 0 atom stereocenters. The lowest BCUT2D eigenvalue weighted by atomic mass is 10.2. The van der Waals surface area contributed by atoms with Crippen molar-refractivity contribution in [3.63, 3.8) is 0 Å². The molecule has 0 bridgehead atoms. The van der Waals surface area contributed by atoms with Crippen molar-refractivity contribution >= 4 is 68.2 Å². The topological polar surface area (TPSA) is 67.2 Å². The lowest BCUT2D eigenvalue weighted by molar-refractivity contribution is 0.0951. The van der Waals surface area contributed by atoms with Crippen LogP contribution in [0.3, 0.4) is 0 Å². The molecule has 0 saturated heterocycles. The first-order chi connectivity index (χ1) is 12.8. The van der Waals surface area contributed by atoms with Crippen LogP contribution in [0.25, 0.3) is 11.3 Å². The molecule has 138 valence electrons. The Labute approximate surface area is 179 Å². The Morgan fingerprint density at radius 2 is 1.93 bits per heavy atom. The van der Waals surface area contributed by atoms with Gasteiger partial charge >= 0.3 is 0 Å². The van der Waals surface area contributed by atoms with Crippen molar-refractivity contribution in [1.29, 1.82) is 0 Å². The van der Waals surface area contributed by atoms with Gasteiger partial charge in [0.25, 0.3) is 5.91 Å². The van der Waals surface area contributed by atoms with Crippen LogP contribution in [0.15, 0.2) is 51.4 Å². The first-order valence-corrected chi connectivity index (χ1v) is 9.60. The summed E-state index contributed by atoms with van der Waals surface area (Å²) in [4.78, 5) is 16.6. The first kappa shape index (κ1) is 19.8. The number of aryl methyl sites for hydroxylation is 1. The molecule has 27 heavy (non-hydrogen) atoms. The highest BCUT2D eigenvalue weighted by Gasteiger charge is 2.14. The first-order valence-electron chi connectivity index (χ1n) is 7.64. The van der Waals surface area contributed by atoms with Crippen LogP contribution in [0.5, 0.6) is 0 Å². The van der Waals surface area contributed by atoms with Gasteiger partial charge in [0.05, 0.1) is 15.7 Å². The van der Waals surface area contributed by atoms with Crippen LogP contribution in [-0.2, 0) is 0 Å². The fourth-order valence-electron chi connectivity index (χ4n) is 2.19. The summed E-state index contributed by atoms with van der Waals surface area (Å²) < 4.78 is 6.47. The van der Waals surface area contributed by atoms with Crippen molar-refractivity contribution < 1.29 is 9.21 Å². The highest BCUT2D eigenvalue weighted by Crippen LogP contribution is 2.29. The van der Waals surface area contributed by atoms with Crippen molar-refractivity contribution in [3.05, 3.63) is 68.4 Å². The quantitative estimate of drug-likeness (QED) is 0.456. The minimum Gasteiger partial charge on any atom is -0.451 e. The summed E-state index contributed by atoms with van der Waals surface area (Å²) in [6.07, 6.45) is 0. The van der Waals surface area contributed by atoms with Gasteiger partial charge in [-0.2, -0.15) is 0 Å². The molecule has 0 unspecified atom stereocenters. The van der Waals surface area contributed by atoms with E-state index in [-0.39, 0.29) is 10.9 Å². The Kier molecular flexibility index (Phi) is 6.16. The van der Waals surface area contributed by atoms with Gasteiger partial charge in [-0.15, -0.1) is 0 Å². The van der Waals surface area contributed by atoms with E-state index < -0.39 is 5.91 Å². The Hall–Kier alpha value is -1.93. The van der Waals surface area contributed by atoms with E-state index in [2.05, 4.69) is 31.5 Å². The zero-order valence-electron chi connectivity index (χ0n) is 13.8. The van der Waals surface area contributed by atoms with Gasteiger partial charge < -0.3 is 9.73 Å². The number of carbonyl (C=O) groups excluding carboxylic acids is 1. The van der Waals surface area contributed by atoms with Gasteiger partial charge in [-0.1, -0.05) is 23.2 Å². The summed E-state index contributed by atoms with van der Waals surface area (Å²) in [6, 6.07) is 11.9. The Bertz CT molecular complexity index is 1040. The summed E-state index contributed by atoms with van der Waals surface area (Å²) in [5, 5.41) is 6.37. The zero-order chi connectivity index (χ0) is 19.6. The van der Waals surface area contributed by atoms with Gasteiger partial charge in [0.2, 0.25) is 0 Å². The number of carbonyl (C=O) groups is 1. The number of rotatable bonds is 3. The number of nitrogens with zero attached hydrogens (tertiary/aromatic N) is 1. The van der Waals surface area contributed by atoms with E-state index in [4.69, 9.17) is 39.8 Å². The van der Waals surface area contributed by atoms with Gasteiger partial charge in [-0.3, -0.25) is 10.1 Å². The molecule has 3 rings (SSSR count). The summed E-state index contributed by atoms with van der Waals surface area (Å²) in [5.41, 5.74) is 1.50. The standard InChI is InChI=1S/C18H12BrCl2N3O2S/c1-9-11(19)3-7-16(22-9)23-18(27)24-17(25)15-6-5-14(26-15)10-2-4-12(20)13(21)8-10/h2-8H,1H3,(H2,22,23,24,25,27). The minimum atomic E-state index is -0.479. The zero-order valence-corrected chi connectivity index (χ0v) is 17.8. The number of benzene rings is 1. The highest BCUT2D eigenvalue weighted by atomic mass is 79.9. The number of halogens is 3. The lowest BCUT2D eigenvalue weighted by Gasteiger charge is -2.09. The van der Waals surface area contributed by atoms with Gasteiger partial charge in [0.15, 0.2) is 10.9 Å². The molecule has 0 aliphatic heterocycles. The van der Waals surface area contributed by atoms with Crippen LogP contribution in [0.1, 0.15) is 16.2 Å². The largest absolute Gasteiger partial charge is 0.451 e. The van der Waals surface area contributed by atoms with Crippen molar-refractivity contribution in [3.8, 4) is 11.3 Å². The fourth-order valence-corrected chi connectivity index (χ4v) is 2.91. The molecule has 0 spiro atoms. The van der Waals surface area contributed by atoms with Crippen LogP contribution in [0.4, 0.5) is 5.82 Å². The van der Waals surface area contributed by atoms with Crippen molar-refractivity contribution in [2.24, 2.45) is 0 Å². The average Bonchev–Trinajstić information content (AvgIpc) is 3.11. The molecule has 2 aromatic heterocycles. The minimum absolute atomic E-state index is 0.111. The van der Waals surface area contributed by atoms with Crippen LogP contribution in [0.2, 0.25) is 10.0 Å². The van der Waals surface area contributed by atoms with Gasteiger partial charge in [0, 0.05) is 10.0 Å². The molecule has 0 fully saturated rings. The molecule has 5 nitrogen and oxygen atoms in total. The summed E-state index contributed by atoms with van der Waals surface area (Å²) >= 11 is 20.4. The van der Waals surface area contributed by atoms with E-state index >= 15 is 0 Å². The molecule has 2 N–H and O–H groups in total. The predicted molar refractivity (Wildman–Crippen MR) is 115 cm³/mol. The molecular weight excluding hydrogens is 473 g/mol. The molecule has 0 saturated carbocycles. The number of anilines is 1. The third-order valence-electron chi connectivity index (χ3n) is 3.52. The second-order valence-corrected chi connectivity index (χ2v) is 7.54. The molecule has 1 aromatic carbocycles. The summed E-state index contributed by atoms with van der Waals surface area (Å²) in [5.74, 6) is 0.646. The van der Waals surface area contributed by atoms with E-state index in [1.54, 1.807) is 36.4 Å². The van der Waals surface area contributed by atoms with Gasteiger partial charge in [-0.25, -0.2) is 4.98 Å². The number of amides is 1. The smallest absolute Gasteiger partial charge is 0.293 e. The van der Waals surface area contributed by atoms with E-state index in [1.807, 2.05) is 13.0 Å². The maximum absolute atomic E-state index is 12.3. The number of furan rings is 1. The van der Waals surface area contributed by atoms with E-state index in [0.717, 1.165) is 10.2 Å². The summed E-state index contributed by atoms with van der Waals surface area (Å²) in [6.45, 7) is 1.85. The average molecular weight is 485 g/mol. The number of aromatic nitrogens is 1. The normalized spacial score (nSPS) is 10.5. The van der Waals surface area contributed by atoms with Crippen LogP contribution in [0, 0.1) is 6.92 Å². The molecule has 2 heterocycles. The molecule has 9 heteroatoms. The predicted octanol–water partition coefficient (Wildman–Crippen LogP) is 5.85. The molecule has 0 aliphatic carbocycles. The van der Waals surface area contributed by atoms with Crippen LogP contribution < -0.4 is 10.6 Å². The lowest BCUT2D eigenvalue weighted by Crippen LogP contribution is -2.34. The Morgan fingerprint density at radius 1 is 1.15 bits per heavy atom. The monoisotopic (exact) mass is 483 g/mol. The maximum atomic E-state index is 12.3. The van der Waals surface area contributed by atoms with Crippen LogP contribution >= 0.6 is 51.3 Å². The molecule has 3 aromatic rings. The maximum Gasteiger partial charge on any atom is 0.293 e. The number of hydrogen-bond acceptors (Lipinski definition) is 4. The number of nitrogens with one attached hydrogen (secondary N) is 2. The van der Waals surface area contributed by atoms with Crippen molar-refractivity contribution in [2.45, 2.75) is 6.92 Å². The molecule has 0 aliphatic rings. The second kappa shape index (κ2) is 8.39. The fraction of sp³-hybridized carbons (Fsp3) is 0.0556. The summed E-state index contributed by atoms with van der Waals surface area (Å²) in [7, 11) is 0. The third-order valence-corrected chi connectivity index (χ3v) is 5.31. The van der Waals surface area contributed by atoms with E-state index in [0.29, 0.717) is 27.2 Å². The molecule has 0 radical (unpaired) electrons. The Morgan fingerprint density at radius 3 is 2.63 bits per heavy atom. The van der Waals surface area contributed by atoms with Gasteiger partial charge in [0.1, 0.15) is 11.6 Å².